The van der Waals surface area contributed by atoms with E-state index >= 15 is 0 Å². The van der Waals surface area contributed by atoms with Gasteiger partial charge in [-0.2, -0.15) is 0 Å². The molecule has 0 fully saturated rings. The molecule has 1 rings (SSSR count). The van der Waals surface area contributed by atoms with Crippen LogP contribution in [-0.4, -0.2) is 19.1 Å². The normalized spacial score (nSPS) is 14.1. The summed E-state index contributed by atoms with van der Waals surface area (Å²) in [6.07, 6.45) is 0.725. The summed E-state index contributed by atoms with van der Waals surface area (Å²) in [6.45, 7) is 6.11. The minimum Gasteiger partial charge on any atom is -0.468 e. The lowest BCUT2D eigenvalue weighted by Gasteiger charge is -2.21. The van der Waals surface area contributed by atoms with Gasteiger partial charge in [0.1, 0.15) is 6.04 Å². The Hall–Kier alpha value is -1.35. The molecule has 2 atom stereocenters. The van der Waals surface area contributed by atoms with Crippen molar-refractivity contribution in [1.82, 2.24) is 5.32 Å². The van der Waals surface area contributed by atoms with E-state index in [-0.39, 0.29) is 18.1 Å². The monoisotopic (exact) mass is 235 g/mol. The fraction of sp³-hybridized carbons (Fsp3) is 0.500. The highest BCUT2D eigenvalue weighted by Crippen LogP contribution is 2.17. The molecule has 0 bridgehead atoms. The minimum atomic E-state index is -0.241. The second-order valence-electron chi connectivity index (χ2n) is 4.23. The maximum atomic E-state index is 11.5. The Morgan fingerprint density at radius 3 is 2.59 bits per heavy atom. The van der Waals surface area contributed by atoms with Crippen molar-refractivity contribution in [2.45, 2.75) is 39.3 Å². The zero-order chi connectivity index (χ0) is 12.8. The van der Waals surface area contributed by atoms with Crippen LogP contribution in [0.15, 0.2) is 24.3 Å². The summed E-state index contributed by atoms with van der Waals surface area (Å²) in [6, 6.07) is 8.08. The van der Waals surface area contributed by atoms with Crippen LogP contribution >= 0.6 is 0 Å². The van der Waals surface area contributed by atoms with Gasteiger partial charge in [0.2, 0.25) is 0 Å². The molecule has 1 aromatic rings. The van der Waals surface area contributed by atoms with Crippen LogP contribution in [0.25, 0.3) is 0 Å². The maximum absolute atomic E-state index is 11.5. The van der Waals surface area contributed by atoms with Crippen LogP contribution in [0.4, 0.5) is 0 Å². The molecule has 1 N–H and O–H groups in total. The van der Waals surface area contributed by atoms with Crippen molar-refractivity contribution in [2.24, 2.45) is 0 Å². The molecular weight excluding hydrogens is 214 g/mol. The average Bonchev–Trinajstić information content (AvgIpc) is 2.35. The van der Waals surface area contributed by atoms with Crippen molar-refractivity contribution in [2.75, 3.05) is 7.11 Å². The Morgan fingerprint density at radius 1 is 1.41 bits per heavy atom. The lowest BCUT2D eigenvalue weighted by Crippen LogP contribution is -2.38. The summed E-state index contributed by atoms with van der Waals surface area (Å²) < 4.78 is 4.77. The van der Waals surface area contributed by atoms with Gasteiger partial charge in [0.25, 0.3) is 0 Å². The molecule has 3 heteroatoms. The molecule has 0 spiro atoms. The zero-order valence-corrected chi connectivity index (χ0v) is 11.0. The minimum absolute atomic E-state index is 0.139. The lowest BCUT2D eigenvalue weighted by atomic mass is 10.0. The van der Waals surface area contributed by atoms with E-state index in [2.05, 4.69) is 31.3 Å². The van der Waals surface area contributed by atoms with Crippen LogP contribution in [0.2, 0.25) is 0 Å². The predicted octanol–water partition coefficient (Wildman–Crippen LogP) is 2.60. The fourth-order valence-electron chi connectivity index (χ4n) is 1.96. The lowest BCUT2D eigenvalue weighted by molar-refractivity contribution is -0.143. The van der Waals surface area contributed by atoms with Gasteiger partial charge in [-0.3, -0.25) is 10.1 Å². The van der Waals surface area contributed by atoms with Gasteiger partial charge in [0.05, 0.1) is 7.11 Å². The summed E-state index contributed by atoms with van der Waals surface area (Å²) in [4.78, 5) is 11.5. The zero-order valence-electron chi connectivity index (χ0n) is 11.0. The van der Waals surface area contributed by atoms with E-state index in [1.807, 2.05) is 19.1 Å². The van der Waals surface area contributed by atoms with E-state index < -0.39 is 0 Å². The molecule has 17 heavy (non-hydrogen) atoms. The van der Waals surface area contributed by atoms with E-state index in [4.69, 9.17) is 4.74 Å². The summed E-state index contributed by atoms with van der Waals surface area (Å²) in [5.74, 6) is -0.201. The van der Waals surface area contributed by atoms with Gasteiger partial charge < -0.3 is 4.74 Å². The van der Waals surface area contributed by atoms with Crippen molar-refractivity contribution in [3.8, 4) is 0 Å². The number of nitrogens with one attached hydrogen (secondary N) is 1. The van der Waals surface area contributed by atoms with Gasteiger partial charge in [-0.15, -0.1) is 0 Å². The quantitative estimate of drug-likeness (QED) is 0.797. The summed E-state index contributed by atoms with van der Waals surface area (Å²) in [7, 11) is 1.42. The van der Waals surface area contributed by atoms with Crippen molar-refractivity contribution in [3.05, 3.63) is 35.4 Å². The average molecular weight is 235 g/mol. The highest BCUT2D eigenvalue weighted by Gasteiger charge is 2.20. The number of rotatable bonds is 5. The Morgan fingerprint density at radius 2 is 2.06 bits per heavy atom. The Balaban J connectivity index is 2.74. The molecule has 0 heterocycles. The highest BCUT2D eigenvalue weighted by molar-refractivity contribution is 5.75. The first kappa shape index (κ1) is 13.7. The van der Waals surface area contributed by atoms with Crippen molar-refractivity contribution >= 4 is 5.97 Å². The van der Waals surface area contributed by atoms with E-state index in [1.165, 1.54) is 18.2 Å². The third-order valence-corrected chi connectivity index (χ3v) is 3.00. The van der Waals surface area contributed by atoms with Crippen molar-refractivity contribution < 1.29 is 9.53 Å². The number of carbonyl (C=O) groups is 1. The molecule has 1 aromatic carbocycles. The van der Waals surface area contributed by atoms with Crippen LogP contribution in [0, 0.1) is 6.92 Å². The molecule has 0 saturated carbocycles. The van der Waals surface area contributed by atoms with Crippen LogP contribution < -0.4 is 5.32 Å². The summed E-state index contributed by atoms with van der Waals surface area (Å²) in [5.41, 5.74) is 2.45. The first-order valence-electron chi connectivity index (χ1n) is 5.99. The molecule has 94 valence electrons. The van der Waals surface area contributed by atoms with Gasteiger partial charge >= 0.3 is 5.97 Å². The SMILES string of the molecule is CCC(NC(C)c1ccccc1C)C(=O)OC. The largest absolute Gasteiger partial charge is 0.468 e. The van der Waals surface area contributed by atoms with Gasteiger partial charge in [-0.05, 0) is 31.4 Å². The number of ether oxygens (including phenoxy) is 1. The molecule has 0 saturated heterocycles. The van der Waals surface area contributed by atoms with E-state index in [0.717, 1.165) is 6.42 Å². The molecule has 0 aromatic heterocycles. The molecule has 0 radical (unpaired) electrons. The second kappa shape index (κ2) is 6.40. The number of aryl methyl sites for hydroxylation is 1. The molecule has 3 nitrogen and oxygen atoms in total. The van der Waals surface area contributed by atoms with E-state index in [0.29, 0.717) is 0 Å². The standard InChI is InChI=1S/C14H21NO2/c1-5-13(14(16)17-4)15-11(3)12-9-7-6-8-10(12)2/h6-9,11,13,15H,5H2,1-4H3. The smallest absolute Gasteiger partial charge is 0.322 e. The predicted molar refractivity (Wildman–Crippen MR) is 68.8 cm³/mol. The summed E-state index contributed by atoms with van der Waals surface area (Å²) >= 11 is 0. The first-order chi connectivity index (χ1) is 8.10. The van der Waals surface area contributed by atoms with Crippen LogP contribution in [0.3, 0.4) is 0 Å². The van der Waals surface area contributed by atoms with Crippen molar-refractivity contribution in [3.63, 3.8) is 0 Å². The third-order valence-electron chi connectivity index (χ3n) is 3.00. The Kier molecular flexibility index (Phi) is 5.16. The third kappa shape index (κ3) is 3.56. The molecule has 0 aliphatic heterocycles. The first-order valence-corrected chi connectivity index (χ1v) is 5.99. The number of methoxy groups -OCH3 is 1. The highest BCUT2D eigenvalue weighted by atomic mass is 16.5. The Bertz CT molecular complexity index is 376. The molecular formula is C14H21NO2. The molecule has 0 amide bonds. The topological polar surface area (TPSA) is 38.3 Å². The number of hydrogen-bond donors (Lipinski definition) is 1. The van der Waals surface area contributed by atoms with Crippen LogP contribution in [0.5, 0.6) is 0 Å². The number of benzene rings is 1. The number of carbonyl (C=O) groups excluding carboxylic acids is 1. The Labute approximate surface area is 103 Å². The maximum Gasteiger partial charge on any atom is 0.322 e. The molecule has 2 unspecified atom stereocenters. The van der Waals surface area contributed by atoms with Crippen molar-refractivity contribution in [1.29, 1.82) is 0 Å². The fourth-order valence-corrected chi connectivity index (χ4v) is 1.96. The van der Waals surface area contributed by atoms with Gasteiger partial charge in [-0.25, -0.2) is 0 Å². The van der Waals surface area contributed by atoms with Gasteiger partial charge in [0.15, 0.2) is 0 Å². The second-order valence-corrected chi connectivity index (χ2v) is 4.23. The van der Waals surface area contributed by atoms with Crippen LogP contribution in [-0.2, 0) is 9.53 Å². The van der Waals surface area contributed by atoms with Gasteiger partial charge in [0, 0.05) is 6.04 Å². The van der Waals surface area contributed by atoms with Gasteiger partial charge in [-0.1, -0.05) is 31.2 Å². The van der Waals surface area contributed by atoms with E-state index in [1.54, 1.807) is 0 Å². The van der Waals surface area contributed by atoms with Crippen LogP contribution in [0.1, 0.15) is 37.4 Å². The number of hydrogen-bond acceptors (Lipinski definition) is 3. The summed E-state index contributed by atoms with van der Waals surface area (Å²) in [5, 5.41) is 3.30. The molecule has 0 aliphatic carbocycles. The number of esters is 1. The molecule has 0 aliphatic rings. The van der Waals surface area contributed by atoms with E-state index in [9.17, 15) is 4.79 Å².